The fourth-order valence-electron chi connectivity index (χ4n) is 0.910. The fraction of sp³-hybridized carbons (Fsp3) is 0.333. The number of carbonyl (C=O) groups is 1. The van der Waals surface area contributed by atoms with Crippen molar-refractivity contribution in [3.63, 3.8) is 0 Å². The maximum absolute atomic E-state index is 11.3. The van der Waals surface area contributed by atoms with E-state index in [1.54, 1.807) is 0 Å². The van der Waals surface area contributed by atoms with E-state index in [1.807, 2.05) is 0 Å². The van der Waals surface area contributed by atoms with Gasteiger partial charge in [0.2, 0.25) is 5.91 Å². The first kappa shape index (κ1) is 13.6. The minimum absolute atomic E-state index is 0.256. The Labute approximate surface area is 103 Å². The average Bonchev–Trinajstić information content (AvgIpc) is 2.59. The highest BCUT2D eigenvalue weighted by molar-refractivity contribution is 7.91. The van der Waals surface area contributed by atoms with E-state index in [0.717, 1.165) is 17.6 Å². The minimum atomic E-state index is -3.35. The lowest BCUT2D eigenvalue weighted by atomic mass is 10.5. The number of carbonyl (C=O) groups excluding carboxylic acids is 1. The van der Waals surface area contributed by atoms with Crippen LogP contribution in [0.1, 0.15) is 4.88 Å². The SMILES string of the molecule is CS(=O)(=O)CC(=O)Nc1ncc(C#CCO)s1. The van der Waals surface area contributed by atoms with Crippen LogP contribution in [0.15, 0.2) is 6.20 Å². The molecule has 0 atom stereocenters. The smallest absolute Gasteiger partial charge is 0.241 e. The van der Waals surface area contributed by atoms with Crippen molar-refractivity contribution < 1.29 is 18.3 Å². The zero-order chi connectivity index (χ0) is 12.9. The van der Waals surface area contributed by atoms with Crippen LogP contribution in [0.4, 0.5) is 5.13 Å². The van der Waals surface area contributed by atoms with E-state index in [2.05, 4.69) is 22.1 Å². The van der Waals surface area contributed by atoms with Gasteiger partial charge in [-0.2, -0.15) is 0 Å². The molecule has 0 aliphatic heterocycles. The zero-order valence-electron chi connectivity index (χ0n) is 8.93. The van der Waals surface area contributed by atoms with Crippen LogP contribution in [0.25, 0.3) is 0 Å². The Hall–Kier alpha value is -1.43. The summed E-state index contributed by atoms with van der Waals surface area (Å²) in [6, 6.07) is 0. The van der Waals surface area contributed by atoms with Crippen molar-refractivity contribution in [1.29, 1.82) is 0 Å². The third-order valence-electron chi connectivity index (χ3n) is 1.44. The number of thiazole rings is 1. The highest BCUT2D eigenvalue weighted by Gasteiger charge is 2.12. The molecule has 92 valence electrons. The van der Waals surface area contributed by atoms with Gasteiger partial charge in [-0.15, -0.1) is 0 Å². The van der Waals surface area contributed by atoms with Crippen LogP contribution in [-0.4, -0.2) is 43.0 Å². The van der Waals surface area contributed by atoms with Crippen LogP contribution in [0, 0.1) is 11.8 Å². The minimum Gasteiger partial charge on any atom is -0.384 e. The van der Waals surface area contributed by atoms with Crippen LogP contribution in [0.3, 0.4) is 0 Å². The second kappa shape index (κ2) is 5.77. The van der Waals surface area contributed by atoms with E-state index in [1.165, 1.54) is 6.20 Å². The molecule has 1 aromatic heterocycles. The van der Waals surface area contributed by atoms with Gasteiger partial charge in [0.1, 0.15) is 12.4 Å². The predicted octanol–water partition coefficient (Wildman–Crippen LogP) is -0.530. The van der Waals surface area contributed by atoms with Crippen LogP contribution < -0.4 is 5.32 Å². The van der Waals surface area contributed by atoms with Crippen molar-refractivity contribution >= 4 is 32.2 Å². The van der Waals surface area contributed by atoms with Crippen molar-refractivity contribution in [3.8, 4) is 11.8 Å². The molecule has 1 heterocycles. The fourth-order valence-corrected chi connectivity index (χ4v) is 2.17. The van der Waals surface area contributed by atoms with Gasteiger partial charge in [-0.3, -0.25) is 4.79 Å². The molecule has 1 aromatic rings. The lowest BCUT2D eigenvalue weighted by Crippen LogP contribution is -2.21. The molecule has 0 aromatic carbocycles. The van der Waals surface area contributed by atoms with Gasteiger partial charge in [0.05, 0.1) is 11.1 Å². The molecular formula is C9H10N2O4S2. The summed E-state index contributed by atoms with van der Waals surface area (Å²) in [5.74, 6) is 3.84. The summed E-state index contributed by atoms with van der Waals surface area (Å²) < 4.78 is 21.7. The van der Waals surface area contributed by atoms with E-state index in [0.29, 0.717) is 4.88 Å². The van der Waals surface area contributed by atoms with Crippen LogP contribution >= 0.6 is 11.3 Å². The number of hydrogen-bond donors (Lipinski definition) is 2. The number of nitrogens with one attached hydrogen (secondary N) is 1. The van der Waals surface area contributed by atoms with Gasteiger partial charge in [-0.1, -0.05) is 23.2 Å². The molecule has 0 fully saturated rings. The zero-order valence-corrected chi connectivity index (χ0v) is 10.6. The number of aliphatic hydroxyl groups is 1. The standard InChI is InChI=1S/C9H10N2O4S2/c1-17(14,15)6-8(13)11-9-10-5-7(16-9)3-2-4-12/h5,12H,4,6H2,1H3,(H,10,11,13). The molecule has 0 aliphatic carbocycles. The van der Waals surface area contributed by atoms with Gasteiger partial charge in [-0.05, 0) is 0 Å². The molecule has 17 heavy (non-hydrogen) atoms. The van der Waals surface area contributed by atoms with E-state index >= 15 is 0 Å². The number of anilines is 1. The van der Waals surface area contributed by atoms with Crippen LogP contribution in [0.2, 0.25) is 0 Å². The summed E-state index contributed by atoms with van der Waals surface area (Å²) in [5, 5.41) is 11.1. The lowest BCUT2D eigenvalue weighted by molar-refractivity contribution is -0.113. The molecule has 8 heteroatoms. The normalized spacial score (nSPS) is 10.5. The molecule has 1 amide bonds. The first-order valence-electron chi connectivity index (χ1n) is 4.44. The van der Waals surface area contributed by atoms with Gasteiger partial charge in [0, 0.05) is 6.26 Å². The summed E-state index contributed by atoms with van der Waals surface area (Å²) in [6.45, 7) is -0.256. The maximum Gasteiger partial charge on any atom is 0.241 e. The molecule has 2 N–H and O–H groups in total. The third kappa shape index (κ3) is 5.44. The summed E-state index contributed by atoms with van der Waals surface area (Å²) in [4.78, 5) is 15.7. The Morgan fingerprint density at radius 1 is 1.65 bits per heavy atom. The maximum atomic E-state index is 11.3. The molecule has 6 nitrogen and oxygen atoms in total. The van der Waals surface area contributed by atoms with Crippen molar-refractivity contribution in [2.75, 3.05) is 23.9 Å². The highest BCUT2D eigenvalue weighted by Crippen LogP contribution is 2.16. The third-order valence-corrected chi connectivity index (χ3v) is 3.05. The molecular weight excluding hydrogens is 264 g/mol. The molecule has 0 aliphatic rings. The van der Waals surface area contributed by atoms with Crippen molar-refractivity contribution in [2.45, 2.75) is 0 Å². The lowest BCUT2D eigenvalue weighted by Gasteiger charge is -1.98. The highest BCUT2D eigenvalue weighted by atomic mass is 32.2. The number of aliphatic hydroxyl groups excluding tert-OH is 1. The molecule has 1 rings (SSSR count). The quantitative estimate of drug-likeness (QED) is 0.722. The largest absolute Gasteiger partial charge is 0.384 e. The van der Waals surface area contributed by atoms with Gasteiger partial charge in [-0.25, -0.2) is 13.4 Å². The molecule has 0 saturated heterocycles. The number of sulfone groups is 1. The first-order chi connectivity index (χ1) is 7.90. The number of amides is 1. The molecule has 0 spiro atoms. The van der Waals surface area contributed by atoms with Crippen molar-refractivity contribution in [3.05, 3.63) is 11.1 Å². The predicted molar refractivity (Wildman–Crippen MR) is 64.4 cm³/mol. The average molecular weight is 274 g/mol. The molecule has 0 bridgehead atoms. The van der Waals surface area contributed by atoms with Gasteiger partial charge >= 0.3 is 0 Å². The van der Waals surface area contributed by atoms with E-state index in [4.69, 9.17) is 5.11 Å². The number of rotatable bonds is 3. The monoisotopic (exact) mass is 274 g/mol. The Bertz CT molecular complexity index is 565. The molecule has 0 saturated carbocycles. The molecule has 0 radical (unpaired) electrons. The van der Waals surface area contributed by atoms with Gasteiger partial charge < -0.3 is 10.4 Å². The Balaban J connectivity index is 2.64. The summed E-state index contributed by atoms with van der Waals surface area (Å²) >= 11 is 1.10. The van der Waals surface area contributed by atoms with Crippen molar-refractivity contribution in [1.82, 2.24) is 4.98 Å². The topological polar surface area (TPSA) is 96.4 Å². The second-order valence-electron chi connectivity index (χ2n) is 3.11. The summed E-state index contributed by atoms with van der Waals surface area (Å²) in [5.41, 5.74) is 0. The van der Waals surface area contributed by atoms with Gasteiger partial charge in [0.25, 0.3) is 0 Å². The van der Waals surface area contributed by atoms with Crippen LogP contribution in [0.5, 0.6) is 0 Å². The Morgan fingerprint density at radius 2 is 2.35 bits per heavy atom. The summed E-state index contributed by atoms with van der Waals surface area (Å²) in [7, 11) is -3.35. The number of hydrogen-bond acceptors (Lipinski definition) is 6. The van der Waals surface area contributed by atoms with Crippen molar-refractivity contribution in [2.24, 2.45) is 0 Å². The van der Waals surface area contributed by atoms with Crippen LogP contribution in [-0.2, 0) is 14.6 Å². The Kier molecular flexibility index (Phi) is 4.62. The second-order valence-corrected chi connectivity index (χ2v) is 6.28. The van der Waals surface area contributed by atoms with E-state index < -0.39 is 21.5 Å². The summed E-state index contributed by atoms with van der Waals surface area (Å²) in [6.07, 6.45) is 2.41. The molecule has 0 unspecified atom stereocenters. The number of aromatic nitrogens is 1. The van der Waals surface area contributed by atoms with Gasteiger partial charge in [0.15, 0.2) is 15.0 Å². The Morgan fingerprint density at radius 3 is 2.94 bits per heavy atom. The number of nitrogens with zero attached hydrogens (tertiary/aromatic N) is 1. The van der Waals surface area contributed by atoms with E-state index in [9.17, 15) is 13.2 Å². The van der Waals surface area contributed by atoms with E-state index in [-0.39, 0.29) is 11.7 Å². The first-order valence-corrected chi connectivity index (χ1v) is 7.31.